The molecule has 15 heavy (non-hydrogen) atoms. The molecule has 0 bridgehead atoms. The summed E-state index contributed by atoms with van der Waals surface area (Å²) in [6, 6.07) is 2.01. The molecule has 0 aromatic rings. The Labute approximate surface area is 93.2 Å². The minimum absolute atomic E-state index is 0.403. The lowest BCUT2D eigenvalue weighted by Gasteiger charge is -2.44. The lowest BCUT2D eigenvalue weighted by Crippen LogP contribution is -2.57. The Kier molecular flexibility index (Phi) is 3.65. The summed E-state index contributed by atoms with van der Waals surface area (Å²) >= 11 is 0. The molecule has 3 heteroatoms. The minimum atomic E-state index is 0.403. The number of ether oxygens (including phenoxy) is 1. The number of nitrogens with zero attached hydrogens (tertiary/aromatic N) is 1. The van der Waals surface area contributed by atoms with Gasteiger partial charge in [-0.05, 0) is 33.6 Å². The van der Waals surface area contributed by atoms with Gasteiger partial charge in [-0.3, -0.25) is 4.90 Å². The van der Waals surface area contributed by atoms with E-state index < -0.39 is 0 Å². The Balaban J connectivity index is 1.90. The van der Waals surface area contributed by atoms with Crippen molar-refractivity contribution in [2.45, 2.75) is 57.8 Å². The predicted molar refractivity (Wildman–Crippen MR) is 62.1 cm³/mol. The van der Waals surface area contributed by atoms with E-state index in [0.717, 1.165) is 25.7 Å². The van der Waals surface area contributed by atoms with Crippen LogP contribution in [0.1, 0.15) is 33.6 Å². The van der Waals surface area contributed by atoms with Crippen molar-refractivity contribution in [1.82, 2.24) is 10.2 Å². The number of rotatable bonds is 1. The number of morpholine rings is 1. The first-order valence-corrected chi connectivity index (χ1v) is 6.27. The van der Waals surface area contributed by atoms with Crippen LogP contribution < -0.4 is 5.32 Å². The van der Waals surface area contributed by atoms with Crippen LogP contribution in [0.15, 0.2) is 0 Å². The number of nitrogens with one attached hydrogen (secondary N) is 1. The fourth-order valence-corrected chi connectivity index (χ4v) is 2.70. The van der Waals surface area contributed by atoms with Crippen LogP contribution in [0.25, 0.3) is 0 Å². The van der Waals surface area contributed by atoms with Gasteiger partial charge in [0.1, 0.15) is 0 Å². The van der Waals surface area contributed by atoms with Crippen LogP contribution in [0, 0.1) is 0 Å². The van der Waals surface area contributed by atoms with Gasteiger partial charge < -0.3 is 10.1 Å². The second kappa shape index (κ2) is 4.81. The van der Waals surface area contributed by atoms with Gasteiger partial charge in [-0.25, -0.2) is 0 Å². The van der Waals surface area contributed by atoms with Crippen molar-refractivity contribution in [3.05, 3.63) is 0 Å². The summed E-state index contributed by atoms with van der Waals surface area (Å²) in [6.45, 7) is 9.89. The van der Waals surface area contributed by atoms with Gasteiger partial charge >= 0.3 is 0 Å². The molecule has 4 unspecified atom stereocenters. The Hall–Kier alpha value is -0.120. The molecule has 0 aromatic carbocycles. The number of hydrogen-bond donors (Lipinski definition) is 1. The van der Waals surface area contributed by atoms with E-state index >= 15 is 0 Å². The second-order valence-corrected chi connectivity index (χ2v) is 5.23. The molecule has 2 saturated heterocycles. The molecule has 0 aliphatic carbocycles. The van der Waals surface area contributed by atoms with Crippen molar-refractivity contribution >= 4 is 0 Å². The molecule has 2 heterocycles. The highest BCUT2D eigenvalue weighted by Gasteiger charge is 2.31. The van der Waals surface area contributed by atoms with Crippen molar-refractivity contribution in [2.24, 2.45) is 0 Å². The molecule has 0 aromatic heterocycles. The first kappa shape index (κ1) is 11.4. The highest BCUT2D eigenvalue weighted by molar-refractivity contribution is 4.87. The van der Waals surface area contributed by atoms with E-state index in [-0.39, 0.29) is 0 Å². The molecule has 0 spiro atoms. The van der Waals surface area contributed by atoms with E-state index in [1.807, 2.05) is 0 Å². The molecule has 2 aliphatic heterocycles. The zero-order valence-corrected chi connectivity index (χ0v) is 10.2. The average Bonchev–Trinajstić information content (AvgIpc) is 2.23. The van der Waals surface area contributed by atoms with E-state index in [1.54, 1.807) is 0 Å². The molecule has 3 nitrogen and oxygen atoms in total. The van der Waals surface area contributed by atoms with Crippen LogP contribution in [0.4, 0.5) is 0 Å². The molecule has 2 aliphatic rings. The number of hydrogen-bond acceptors (Lipinski definition) is 3. The maximum atomic E-state index is 5.67. The summed E-state index contributed by atoms with van der Waals surface area (Å²) in [5, 5.41) is 3.58. The van der Waals surface area contributed by atoms with Gasteiger partial charge in [0.15, 0.2) is 0 Å². The summed E-state index contributed by atoms with van der Waals surface area (Å²) in [4.78, 5) is 2.63. The largest absolute Gasteiger partial charge is 0.376 e. The van der Waals surface area contributed by atoms with Gasteiger partial charge in [0.2, 0.25) is 0 Å². The molecule has 88 valence electrons. The van der Waals surface area contributed by atoms with E-state index in [9.17, 15) is 0 Å². The summed E-state index contributed by atoms with van der Waals surface area (Å²) in [7, 11) is 0. The van der Waals surface area contributed by atoms with Crippen molar-refractivity contribution in [2.75, 3.05) is 19.7 Å². The smallest absolute Gasteiger partial charge is 0.0674 e. The highest BCUT2D eigenvalue weighted by Crippen LogP contribution is 2.20. The van der Waals surface area contributed by atoms with Crippen LogP contribution in [0.2, 0.25) is 0 Å². The molecule has 1 N–H and O–H groups in total. The quantitative estimate of drug-likeness (QED) is 0.707. The standard InChI is InChI=1S/C12H24N2O/c1-9-4-5-12(6-13-9)14-7-11(3)15-8-10(14)2/h9-13H,4-8H2,1-3H3. The summed E-state index contributed by atoms with van der Waals surface area (Å²) < 4.78 is 5.67. The summed E-state index contributed by atoms with van der Waals surface area (Å²) in [5.74, 6) is 0. The molecule has 0 radical (unpaired) electrons. The van der Waals surface area contributed by atoms with E-state index in [0.29, 0.717) is 18.2 Å². The second-order valence-electron chi connectivity index (χ2n) is 5.23. The maximum Gasteiger partial charge on any atom is 0.0674 e. The third-order valence-electron chi connectivity index (χ3n) is 3.76. The monoisotopic (exact) mass is 212 g/mol. The van der Waals surface area contributed by atoms with Crippen LogP contribution >= 0.6 is 0 Å². The Morgan fingerprint density at radius 1 is 1.20 bits per heavy atom. The molecular formula is C12H24N2O. The third-order valence-corrected chi connectivity index (χ3v) is 3.76. The molecule has 2 fully saturated rings. The molecule has 2 rings (SSSR count). The lowest BCUT2D eigenvalue weighted by molar-refractivity contribution is -0.0698. The van der Waals surface area contributed by atoms with Crippen molar-refractivity contribution < 1.29 is 4.74 Å². The maximum absolute atomic E-state index is 5.67. The fourth-order valence-electron chi connectivity index (χ4n) is 2.70. The first-order chi connectivity index (χ1) is 7.16. The molecule has 0 saturated carbocycles. The van der Waals surface area contributed by atoms with Crippen molar-refractivity contribution in [3.8, 4) is 0 Å². The zero-order chi connectivity index (χ0) is 10.8. The SMILES string of the molecule is CC1CCC(N2CC(C)OCC2C)CN1. The summed E-state index contributed by atoms with van der Waals surface area (Å²) in [6.07, 6.45) is 3.05. The van der Waals surface area contributed by atoms with E-state index in [4.69, 9.17) is 4.74 Å². The highest BCUT2D eigenvalue weighted by atomic mass is 16.5. The van der Waals surface area contributed by atoms with Crippen LogP contribution in [-0.4, -0.2) is 48.8 Å². The van der Waals surface area contributed by atoms with Crippen LogP contribution in [-0.2, 0) is 4.74 Å². The normalized spacial score (nSPS) is 44.2. The summed E-state index contributed by atoms with van der Waals surface area (Å²) in [5.41, 5.74) is 0. The van der Waals surface area contributed by atoms with Gasteiger partial charge in [-0.2, -0.15) is 0 Å². The van der Waals surface area contributed by atoms with Crippen LogP contribution in [0.5, 0.6) is 0 Å². The van der Waals surface area contributed by atoms with Gasteiger partial charge in [0, 0.05) is 31.2 Å². The minimum Gasteiger partial charge on any atom is -0.376 e. The van der Waals surface area contributed by atoms with Crippen molar-refractivity contribution in [1.29, 1.82) is 0 Å². The Morgan fingerprint density at radius 3 is 2.67 bits per heavy atom. The average molecular weight is 212 g/mol. The van der Waals surface area contributed by atoms with E-state index in [1.165, 1.54) is 12.8 Å². The van der Waals surface area contributed by atoms with Crippen molar-refractivity contribution in [3.63, 3.8) is 0 Å². The molecular weight excluding hydrogens is 188 g/mol. The fraction of sp³-hybridized carbons (Fsp3) is 1.00. The van der Waals surface area contributed by atoms with Gasteiger partial charge in [0.25, 0.3) is 0 Å². The molecule has 4 atom stereocenters. The van der Waals surface area contributed by atoms with Gasteiger partial charge in [-0.15, -0.1) is 0 Å². The topological polar surface area (TPSA) is 24.5 Å². The first-order valence-electron chi connectivity index (χ1n) is 6.27. The van der Waals surface area contributed by atoms with E-state index in [2.05, 4.69) is 31.0 Å². The lowest BCUT2D eigenvalue weighted by atomic mass is 9.98. The van der Waals surface area contributed by atoms with Gasteiger partial charge in [-0.1, -0.05) is 0 Å². The van der Waals surface area contributed by atoms with Gasteiger partial charge in [0.05, 0.1) is 12.7 Å². The number of piperidine rings is 1. The Bertz CT molecular complexity index is 202. The third kappa shape index (κ3) is 2.71. The Morgan fingerprint density at radius 2 is 2.00 bits per heavy atom. The zero-order valence-electron chi connectivity index (χ0n) is 10.2. The molecule has 0 amide bonds. The van der Waals surface area contributed by atoms with Crippen LogP contribution in [0.3, 0.4) is 0 Å². The predicted octanol–water partition coefficient (Wildman–Crippen LogP) is 1.24.